The van der Waals surface area contributed by atoms with Gasteiger partial charge < -0.3 is 10.2 Å². The average Bonchev–Trinajstić information content (AvgIpc) is 2.91. The van der Waals surface area contributed by atoms with Crippen LogP contribution in [0.25, 0.3) is 0 Å². The van der Waals surface area contributed by atoms with E-state index in [-0.39, 0.29) is 0 Å². The first-order valence-electron chi connectivity index (χ1n) is 9.48. The van der Waals surface area contributed by atoms with Crippen molar-refractivity contribution in [2.45, 2.75) is 58.9 Å². The van der Waals surface area contributed by atoms with E-state index in [2.05, 4.69) is 20.3 Å². The molecule has 0 aliphatic carbocycles. The lowest BCUT2D eigenvalue weighted by Crippen LogP contribution is -2.41. The molecule has 1 aromatic heterocycles. The van der Waals surface area contributed by atoms with Crippen LogP contribution in [-0.2, 0) is 11.3 Å². The van der Waals surface area contributed by atoms with Gasteiger partial charge in [0.2, 0.25) is 5.91 Å². The molecule has 0 spiro atoms. The third-order valence-corrected chi connectivity index (χ3v) is 5.49. The van der Waals surface area contributed by atoms with E-state index in [1.54, 1.807) is 0 Å². The fourth-order valence-electron chi connectivity index (χ4n) is 4.08. The van der Waals surface area contributed by atoms with E-state index in [1.165, 1.54) is 19.3 Å². The third-order valence-electron chi connectivity index (χ3n) is 5.49. The molecule has 0 radical (unpaired) electrons. The molecule has 2 aliphatic rings. The number of hydrogen-bond acceptors (Lipinski definition) is 4. The van der Waals surface area contributed by atoms with Crippen LogP contribution in [0.2, 0.25) is 0 Å². The maximum Gasteiger partial charge on any atom is 0.222 e. The highest BCUT2D eigenvalue weighted by Crippen LogP contribution is 2.22. The number of carbonyl (C=O) groups excluding carboxylic acids is 1. The van der Waals surface area contributed by atoms with Gasteiger partial charge in [0, 0.05) is 26.1 Å². The lowest BCUT2D eigenvalue weighted by molar-refractivity contribution is -0.133. The van der Waals surface area contributed by atoms with Crippen LogP contribution in [0.5, 0.6) is 0 Å². The minimum atomic E-state index is 0.352. The number of piperidine rings is 2. The number of aryl methyl sites for hydroxylation is 2. The van der Waals surface area contributed by atoms with Crippen molar-refractivity contribution < 1.29 is 4.79 Å². The summed E-state index contributed by atoms with van der Waals surface area (Å²) in [5, 5.41) is 7.86. The number of hydrogen-bond donors (Lipinski definition) is 1. The Morgan fingerprint density at radius 1 is 1.21 bits per heavy atom. The summed E-state index contributed by atoms with van der Waals surface area (Å²) in [5.41, 5.74) is 0. The summed E-state index contributed by atoms with van der Waals surface area (Å²) in [5.74, 6) is 3.39. The molecule has 1 atom stereocenters. The summed E-state index contributed by atoms with van der Waals surface area (Å²) in [7, 11) is 0. The summed E-state index contributed by atoms with van der Waals surface area (Å²) in [6.45, 7) is 8.85. The molecule has 1 amide bonds. The van der Waals surface area contributed by atoms with E-state index >= 15 is 0 Å². The molecule has 1 N–H and O–H groups in total. The topological polar surface area (TPSA) is 63.1 Å². The van der Waals surface area contributed by atoms with Crippen LogP contribution in [-0.4, -0.2) is 51.8 Å². The molecular formula is C18H31N5O. The molecule has 3 rings (SSSR count). The van der Waals surface area contributed by atoms with Gasteiger partial charge in [-0.15, -0.1) is 0 Å². The number of carbonyl (C=O) groups is 1. The van der Waals surface area contributed by atoms with Crippen molar-refractivity contribution in [1.82, 2.24) is 25.0 Å². The second kappa shape index (κ2) is 8.10. The number of nitrogens with one attached hydrogen (secondary N) is 1. The van der Waals surface area contributed by atoms with Crippen LogP contribution in [0.1, 0.15) is 50.2 Å². The van der Waals surface area contributed by atoms with E-state index in [9.17, 15) is 4.79 Å². The molecule has 1 unspecified atom stereocenters. The minimum absolute atomic E-state index is 0.352. The molecule has 3 heterocycles. The Labute approximate surface area is 145 Å². The maximum absolute atomic E-state index is 12.6. The smallest absolute Gasteiger partial charge is 0.222 e. The molecule has 0 bridgehead atoms. The molecule has 2 aliphatic heterocycles. The zero-order valence-electron chi connectivity index (χ0n) is 15.1. The van der Waals surface area contributed by atoms with Crippen LogP contribution < -0.4 is 5.32 Å². The fraction of sp³-hybridized carbons (Fsp3) is 0.833. The van der Waals surface area contributed by atoms with Gasteiger partial charge in [0.05, 0.1) is 0 Å². The van der Waals surface area contributed by atoms with Gasteiger partial charge in [-0.2, -0.15) is 5.10 Å². The average molecular weight is 333 g/mol. The van der Waals surface area contributed by atoms with Gasteiger partial charge in [-0.05, 0) is 70.9 Å². The van der Waals surface area contributed by atoms with Gasteiger partial charge in [-0.1, -0.05) is 0 Å². The number of rotatable bonds is 5. The van der Waals surface area contributed by atoms with E-state index in [0.29, 0.717) is 11.8 Å². The molecule has 6 nitrogen and oxygen atoms in total. The van der Waals surface area contributed by atoms with Gasteiger partial charge in [0.1, 0.15) is 11.6 Å². The molecule has 6 heteroatoms. The molecule has 1 aromatic rings. The van der Waals surface area contributed by atoms with Gasteiger partial charge >= 0.3 is 0 Å². The molecule has 2 saturated heterocycles. The van der Waals surface area contributed by atoms with Crippen LogP contribution in [0, 0.1) is 25.7 Å². The van der Waals surface area contributed by atoms with Crippen molar-refractivity contribution in [3.8, 4) is 0 Å². The quantitative estimate of drug-likeness (QED) is 0.894. The first kappa shape index (κ1) is 17.4. The monoisotopic (exact) mass is 333 g/mol. The summed E-state index contributed by atoms with van der Waals surface area (Å²) in [6, 6.07) is 0. The highest BCUT2D eigenvalue weighted by Gasteiger charge is 2.25. The van der Waals surface area contributed by atoms with E-state index in [1.807, 2.05) is 18.5 Å². The molecular weight excluding hydrogens is 302 g/mol. The lowest BCUT2D eigenvalue weighted by atomic mass is 9.92. The largest absolute Gasteiger partial charge is 0.342 e. The summed E-state index contributed by atoms with van der Waals surface area (Å²) in [6.07, 6.45) is 6.51. The van der Waals surface area contributed by atoms with Crippen molar-refractivity contribution in [1.29, 1.82) is 0 Å². The Kier molecular flexibility index (Phi) is 5.87. The zero-order chi connectivity index (χ0) is 16.9. The number of likely N-dealkylation sites (tertiary alicyclic amines) is 1. The molecule has 2 fully saturated rings. The first-order chi connectivity index (χ1) is 11.6. The SMILES string of the molecule is Cc1nc(C)n(CC2CCCN(C(=O)CCC3CCNCC3)C2)n1. The van der Waals surface area contributed by atoms with Gasteiger partial charge in [0.25, 0.3) is 0 Å². The van der Waals surface area contributed by atoms with Crippen molar-refractivity contribution in [2.24, 2.45) is 11.8 Å². The molecule has 24 heavy (non-hydrogen) atoms. The zero-order valence-corrected chi connectivity index (χ0v) is 15.1. The molecule has 0 aromatic carbocycles. The standard InChI is InChI=1S/C18H31N5O/c1-14-20-15(2)23(21-14)13-17-4-3-11-22(12-17)18(24)6-5-16-7-9-19-10-8-16/h16-17,19H,3-13H2,1-2H3. The Hall–Kier alpha value is -1.43. The normalized spacial score (nSPS) is 22.8. The fourth-order valence-corrected chi connectivity index (χ4v) is 4.08. The van der Waals surface area contributed by atoms with Crippen molar-refractivity contribution in [2.75, 3.05) is 26.2 Å². The third kappa shape index (κ3) is 4.56. The summed E-state index contributed by atoms with van der Waals surface area (Å²) in [4.78, 5) is 19.1. The van der Waals surface area contributed by atoms with Crippen LogP contribution in [0.3, 0.4) is 0 Å². The Morgan fingerprint density at radius 3 is 2.71 bits per heavy atom. The lowest BCUT2D eigenvalue weighted by Gasteiger charge is -2.33. The minimum Gasteiger partial charge on any atom is -0.342 e. The predicted molar refractivity (Wildman–Crippen MR) is 93.6 cm³/mol. The first-order valence-corrected chi connectivity index (χ1v) is 9.48. The van der Waals surface area contributed by atoms with Crippen molar-refractivity contribution in [3.05, 3.63) is 11.6 Å². The number of aromatic nitrogens is 3. The number of amides is 1. The van der Waals surface area contributed by atoms with Gasteiger partial charge in [-0.25, -0.2) is 9.67 Å². The second-order valence-electron chi connectivity index (χ2n) is 7.47. The highest BCUT2D eigenvalue weighted by atomic mass is 16.2. The second-order valence-corrected chi connectivity index (χ2v) is 7.47. The van der Waals surface area contributed by atoms with E-state index < -0.39 is 0 Å². The predicted octanol–water partition coefficient (Wildman–Crippen LogP) is 1.91. The number of nitrogens with zero attached hydrogens (tertiary/aromatic N) is 4. The Morgan fingerprint density at radius 2 is 2.00 bits per heavy atom. The maximum atomic E-state index is 12.6. The van der Waals surface area contributed by atoms with Crippen LogP contribution >= 0.6 is 0 Å². The molecule has 134 valence electrons. The summed E-state index contributed by atoms with van der Waals surface area (Å²) >= 11 is 0. The van der Waals surface area contributed by atoms with E-state index in [4.69, 9.17) is 0 Å². The van der Waals surface area contributed by atoms with Gasteiger partial charge in [-0.3, -0.25) is 4.79 Å². The Balaban J connectivity index is 1.47. The van der Waals surface area contributed by atoms with Crippen LogP contribution in [0.4, 0.5) is 0 Å². The van der Waals surface area contributed by atoms with Crippen molar-refractivity contribution in [3.63, 3.8) is 0 Å². The van der Waals surface area contributed by atoms with Crippen molar-refractivity contribution >= 4 is 5.91 Å². The van der Waals surface area contributed by atoms with Crippen LogP contribution in [0.15, 0.2) is 0 Å². The Bertz CT molecular complexity index is 550. The molecule has 0 saturated carbocycles. The summed E-state index contributed by atoms with van der Waals surface area (Å²) < 4.78 is 2.00. The highest BCUT2D eigenvalue weighted by molar-refractivity contribution is 5.76. The van der Waals surface area contributed by atoms with Gasteiger partial charge in [0.15, 0.2) is 0 Å². The van der Waals surface area contributed by atoms with E-state index in [0.717, 1.165) is 69.6 Å².